The molecule has 0 aromatic heterocycles. The maximum atomic E-state index is 13.0. The molecule has 1 heterocycles. The standard InChI is InChI=1S/C16H14ClNO4S/c1-22-15(19)10-14-12-8-5-9-13(17)16(12)23(20,21)18(14)11-6-3-2-4-7-11/h2-9,14H,10H2,1H3. The molecule has 0 fully saturated rings. The van der Waals surface area contributed by atoms with Gasteiger partial charge in [0.1, 0.15) is 4.90 Å². The molecule has 0 bridgehead atoms. The number of benzene rings is 2. The van der Waals surface area contributed by atoms with Gasteiger partial charge in [0.25, 0.3) is 10.0 Å². The molecule has 1 aliphatic rings. The Bertz CT molecular complexity index is 852. The van der Waals surface area contributed by atoms with Gasteiger partial charge in [-0.1, -0.05) is 41.9 Å². The molecule has 5 nitrogen and oxygen atoms in total. The van der Waals surface area contributed by atoms with Gasteiger partial charge in [0.15, 0.2) is 0 Å². The van der Waals surface area contributed by atoms with E-state index >= 15 is 0 Å². The molecule has 0 spiro atoms. The van der Waals surface area contributed by atoms with E-state index in [0.717, 1.165) is 0 Å². The molecule has 0 saturated heterocycles. The Morgan fingerprint density at radius 2 is 1.87 bits per heavy atom. The highest BCUT2D eigenvalue weighted by Crippen LogP contribution is 2.46. The smallest absolute Gasteiger partial charge is 0.307 e. The Balaban J connectivity index is 2.21. The molecule has 2 aromatic rings. The molecular weight excluding hydrogens is 338 g/mol. The minimum atomic E-state index is -3.84. The lowest BCUT2D eigenvalue weighted by molar-refractivity contribution is -0.141. The number of carbonyl (C=O) groups excluding carboxylic acids is 1. The molecule has 1 unspecified atom stereocenters. The van der Waals surface area contributed by atoms with E-state index in [1.54, 1.807) is 42.5 Å². The summed E-state index contributed by atoms with van der Waals surface area (Å²) in [5, 5.41) is 0.149. The predicted octanol–water partition coefficient (Wildman–Crippen LogP) is 3.15. The fourth-order valence-electron chi connectivity index (χ4n) is 2.78. The highest BCUT2D eigenvalue weighted by atomic mass is 35.5. The van der Waals surface area contributed by atoms with Crippen LogP contribution in [0.2, 0.25) is 5.02 Å². The van der Waals surface area contributed by atoms with Crippen molar-refractivity contribution in [2.24, 2.45) is 0 Å². The molecule has 120 valence electrons. The van der Waals surface area contributed by atoms with E-state index in [-0.39, 0.29) is 16.3 Å². The number of halogens is 1. The number of nitrogens with zero attached hydrogens (tertiary/aromatic N) is 1. The third-order valence-corrected chi connectivity index (χ3v) is 6.14. The van der Waals surface area contributed by atoms with E-state index in [2.05, 4.69) is 0 Å². The van der Waals surface area contributed by atoms with E-state index in [1.165, 1.54) is 17.5 Å². The maximum Gasteiger partial charge on any atom is 0.307 e. The number of esters is 1. The maximum absolute atomic E-state index is 13.0. The Morgan fingerprint density at radius 1 is 1.17 bits per heavy atom. The van der Waals surface area contributed by atoms with Crippen LogP contribution in [0.15, 0.2) is 53.4 Å². The first-order chi connectivity index (χ1) is 11.0. The number of fused-ring (bicyclic) bond motifs is 1. The van der Waals surface area contributed by atoms with Gasteiger partial charge in [-0.25, -0.2) is 8.42 Å². The first-order valence-electron chi connectivity index (χ1n) is 6.91. The largest absolute Gasteiger partial charge is 0.469 e. The van der Waals surface area contributed by atoms with Crippen LogP contribution in [0.4, 0.5) is 5.69 Å². The summed E-state index contributed by atoms with van der Waals surface area (Å²) in [5.41, 5.74) is 0.987. The van der Waals surface area contributed by atoms with Gasteiger partial charge in [0.2, 0.25) is 0 Å². The number of hydrogen-bond acceptors (Lipinski definition) is 4. The summed E-state index contributed by atoms with van der Waals surface area (Å²) in [5.74, 6) is -0.487. The van der Waals surface area contributed by atoms with Gasteiger partial charge in [0, 0.05) is 0 Å². The summed E-state index contributed by atoms with van der Waals surface area (Å²) >= 11 is 6.12. The van der Waals surface area contributed by atoms with E-state index in [1.807, 2.05) is 0 Å². The Morgan fingerprint density at radius 3 is 2.52 bits per heavy atom. The number of rotatable bonds is 3. The van der Waals surface area contributed by atoms with Crippen LogP contribution in [-0.4, -0.2) is 21.5 Å². The molecule has 1 atom stereocenters. The Kier molecular flexibility index (Phi) is 4.04. The second-order valence-electron chi connectivity index (χ2n) is 5.09. The van der Waals surface area contributed by atoms with Crippen LogP contribution >= 0.6 is 11.6 Å². The zero-order valence-corrected chi connectivity index (χ0v) is 13.8. The third kappa shape index (κ3) is 2.58. The van der Waals surface area contributed by atoms with Crippen molar-refractivity contribution < 1.29 is 17.9 Å². The number of sulfonamides is 1. The molecule has 0 saturated carbocycles. The van der Waals surface area contributed by atoms with Crippen LogP contribution in [0.5, 0.6) is 0 Å². The van der Waals surface area contributed by atoms with Gasteiger partial charge in [-0.05, 0) is 23.8 Å². The fourth-order valence-corrected chi connectivity index (χ4v) is 5.19. The van der Waals surface area contributed by atoms with Crippen molar-refractivity contribution in [1.82, 2.24) is 0 Å². The second-order valence-corrected chi connectivity index (χ2v) is 7.25. The van der Waals surface area contributed by atoms with Crippen LogP contribution in [0.1, 0.15) is 18.0 Å². The van der Waals surface area contributed by atoms with Crippen LogP contribution in [0, 0.1) is 0 Å². The zero-order chi connectivity index (χ0) is 16.6. The number of carbonyl (C=O) groups is 1. The molecule has 0 radical (unpaired) electrons. The van der Waals surface area contributed by atoms with Gasteiger partial charge >= 0.3 is 5.97 Å². The molecule has 7 heteroatoms. The molecule has 1 aliphatic heterocycles. The third-order valence-electron chi connectivity index (χ3n) is 3.75. The molecule has 3 rings (SSSR count). The van der Waals surface area contributed by atoms with E-state index in [0.29, 0.717) is 11.3 Å². The van der Waals surface area contributed by atoms with Gasteiger partial charge in [-0.2, -0.15) is 0 Å². The topological polar surface area (TPSA) is 63.7 Å². The van der Waals surface area contributed by atoms with Crippen molar-refractivity contribution in [3.63, 3.8) is 0 Å². The van der Waals surface area contributed by atoms with Crippen molar-refractivity contribution in [3.8, 4) is 0 Å². The van der Waals surface area contributed by atoms with Gasteiger partial charge in [-0.3, -0.25) is 9.10 Å². The van der Waals surface area contributed by atoms with Crippen LogP contribution < -0.4 is 4.31 Å². The first kappa shape index (κ1) is 15.8. The minimum absolute atomic E-state index is 0.0550. The normalized spacial score (nSPS) is 18.5. The van der Waals surface area contributed by atoms with Crippen LogP contribution in [-0.2, 0) is 19.6 Å². The summed E-state index contributed by atoms with van der Waals surface area (Å²) in [7, 11) is -2.56. The van der Waals surface area contributed by atoms with Crippen molar-refractivity contribution in [1.29, 1.82) is 0 Å². The number of para-hydroxylation sites is 1. The van der Waals surface area contributed by atoms with E-state index in [9.17, 15) is 13.2 Å². The highest BCUT2D eigenvalue weighted by Gasteiger charge is 2.45. The van der Waals surface area contributed by atoms with Crippen LogP contribution in [0.25, 0.3) is 0 Å². The predicted molar refractivity (Wildman–Crippen MR) is 86.9 cm³/mol. The fraction of sp³-hybridized carbons (Fsp3) is 0.188. The zero-order valence-electron chi connectivity index (χ0n) is 12.3. The molecule has 0 aliphatic carbocycles. The molecule has 0 amide bonds. The van der Waals surface area contributed by atoms with Crippen LogP contribution in [0.3, 0.4) is 0 Å². The van der Waals surface area contributed by atoms with Gasteiger partial charge in [0.05, 0.1) is 30.3 Å². The molecule has 23 heavy (non-hydrogen) atoms. The number of ether oxygens (including phenoxy) is 1. The number of methoxy groups -OCH3 is 1. The molecular formula is C16H14ClNO4S. The van der Waals surface area contributed by atoms with Crippen molar-refractivity contribution >= 4 is 33.3 Å². The SMILES string of the molecule is COC(=O)CC1c2cccc(Cl)c2S(=O)(=O)N1c1ccccc1. The first-order valence-corrected chi connectivity index (χ1v) is 8.73. The lowest BCUT2D eigenvalue weighted by atomic mass is 10.0. The lowest BCUT2D eigenvalue weighted by Gasteiger charge is -2.24. The van der Waals surface area contributed by atoms with Gasteiger partial charge in [-0.15, -0.1) is 0 Å². The number of hydrogen-bond donors (Lipinski definition) is 0. The second kappa shape index (κ2) is 5.86. The summed E-state index contributed by atoms with van der Waals surface area (Å²) in [6, 6.07) is 12.8. The molecule has 0 N–H and O–H groups in total. The highest BCUT2D eigenvalue weighted by molar-refractivity contribution is 7.93. The summed E-state index contributed by atoms with van der Waals surface area (Å²) in [6.45, 7) is 0. The van der Waals surface area contributed by atoms with Crippen molar-refractivity contribution in [2.75, 3.05) is 11.4 Å². The van der Waals surface area contributed by atoms with E-state index in [4.69, 9.17) is 16.3 Å². The number of anilines is 1. The summed E-state index contributed by atoms with van der Waals surface area (Å²) in [6.07, 6.45) is -0.0854. The lowest BCUT2D eigenvalue weighted by Crippen LogP contribution is -2.29. The van der Waals surface area contributed by atoms with Gasteiger partial charge < -0.3 is 4.74 Å². The molecule has 2 aromatic carbocycles. The summed E-state index contributed by atoms with van der Waals surface area (Å²) < 4.78 is 31.9. The van der Waals surface area contributed by atoms with Crippen molar-refractivity contribution in [2.45, 2.75) is 17.4 Å². The van der Waals surface area contributed by atoms with Crippen molar-refractivity contribution in [3.05, 3.63) is 59.1 Å². The average Bonchev–Trinajstić information content (AvgIpc) is 2.76. The van der Waals surface area contributed by atoms with E-state index < -0.39 is 22.0 Å². The Hall–Kier alpha value is -2.05. The Labute approximate surface area is 139 Å². The monoisotopic (exact) mass is 351 g/mol. The summed E-state index contributed by atoms with van der Waals surface area (Å²) in [4.78, 5) is 11.8. The quantitative estimate of drug-likeness (QED) is 0.797. The minimum Gasteiger partial charge on any atom is -0.469 e. The average molecular weight is 352 g/mol.